The van der Waals surface area contributed by atoms with Gasteiger partial charge in [-0.15, -0.1) is 0 Å². The Balaban J connectivity index is 1.86. The molecule has 1 aliphatic rings. The first-order valence-electron chi connectivity index (χ1n) is 9.20. The molecule has 0 atom stereocenters. The highest BCUT2D eigenvalue weighted by atomic mass is 32.1. The molecule has 0 spiro atoms. The first-order chi connectivity index (χ1) is 13.8. The van der Waals surface area contributed by atoms with Crippen LogP contribution in [0.4, 0.5) is 11.4 Å². The highest BCUT2D eigenvalue weighted by Crippen LogP contribution is 2.25. The minimum atomic E-state index is -0.492. The van der Waals surface area contributed by atoms with E-state index in [9.17, 15) is 9.59 Å². The zero-order chi connectivity index (χ0) is 21.1. The van der Waals surface area contributed by atoms with Crippen molar-refractivity contribution >= 4 is 46.6 Å². The van der Waals surface area contributed by atoms with Gasteiger partial charge >= 0.3 is 0 Å². The van der Waals surface area contributed by atoms with Crippen LogP contribution in [0, 0.1) is 13.8 Å². The van der Waals surface area contributed by atoms with Gasteiger partial charge in [-0.05, 0) is 61.5 Å². The van der Waals surface area contributed by atoms with Crippen molar-refractivity contribution in [2.45, 2.75) is 13.8 Å². The number of thiocarbonyl (C=S) groups is 1. The van der Waals surface area contributed by atoms with Gasteiger partial charge in [0.2, 0.25) is 0 Å². The second-order valence-electron chi connectivity index (χ2n) is 7.12. The van der Waals surface area contributed by atoms with E-state index in [-0.39, 0.29) is 10.7 Å². The highest BCUT2D eigenvalue weighted by molar-refractivity contribution is 7.80. The Hall–Kier alpha value is -3.25. The van der Waals surface area contributed by atoms with E-state index in [1.165, 1.54) is 11.0 Å². The summed E-state index contributed by atoms with van der Waals surface area (Å²) >= 11 is 5.25. The lowest BCUT2D eigenvalue weighted by molar-refractivity contribution is -0.122. The number of hydrogen-bond acceptors (Lipinski definition) is 4. The van der Waals surface area contributed by atoms with E-state index in [1.807, 2.05) is 81.4 Å². The number of carbonyl (C=O) groups excluding carboxylic acids is 2. The van der Waals surface area contributed by atoms with Gasteiger partial charge in [0.1, 0.15) is 5.57 Å². The summed E-state index contributed by atoms with van der Waals surface area (Å²) < 4.78 is 0. The number of nitrogens with one attached hydrogen (secondary N) is 1. The van der Waals surface area contributed by atoms with Crippen molar-refractivity contribution in [2.24, 2.45) is 0 Å². The van der Waals surface area contributed by atoms with Crippen LogP contribution in [-0.4, -0.2) is 31.0 Å². The van der Waals surface area contributed by atoms with E-state index in [2.05, 4.69) is 5.32 Å². The first-order valence-corrected chi connectivity index (χ1v) is 9.61. The summed E-state index contributed by atoms with van der Waals surface area (Å²) in [6, 6.07) is 13.7. The van der Waals surface area contributed by atoms with Crippen LogP contribution in [0.1, 0.15) is 16.7 Å². The number of rotatable bonds is 4. The zero-order valence-corrected chi connectivity index (χ0v) is 17.7. The molecule has 1 fully saturated rings. The Labute approximate surface area is 176 Å². The molecule has 2 aromatic carbocycles. The van der Waals surface area contributed by atoms with Crippen LogP contribution in [-0.2, 0) is 9.59 Å². The van der Waals surface area contributed by atoms with Crippen LogP contribution in [0.3, 0.4) is 0 Å². The standard InChI is InChI=1S/C23H23N3O2S/c1-15-8-13-20(16(2)14-15)26-22(28)19(21(27)24-23(26)29)7-5-6-17-9-11-18(12-10-17)25(3)4/h5-14H,1-4H3,(H,24,27,29)/b6-5+,19-7+. The summed E-state index contributed by atoms with van der Waals surface area (Å²) in [7, 11) is 3.96. The summed E-state index contributed by atoms with van der Waals surface area (Å²) in [4.78, 5) is 28.7. The number of allylic oxidation sites excluding steroid dienone is 2. The Kier molecular flexibility index (Phi) is 5.94. The van der Waals surface area contributed by atoms with Crippen LogP contribution in [0.15, 0.2) is 60.2 Å². The van der Waals surface area contributed by atoms with Gasteiger partial charge in [0, 0.05) is 19.8 Å². The van der Waals surface area contributed by atoms with Gasteiger partial charge in [-0.3, -0.25) is 19.8 Å². The molecule has 29 heavy (non-hydrogen) atoms. The fraction of sp³-hybridized carbons (Fsp3) is 0.174. The van der Waals surface area contributed by atoms with Crippen molar-refractivity contribution in [3.05, 3.63) is 76.9 Å². The first kappa shape index (κ1) is 20.5. The Morgan fingerprint density at radius 1 is 1.03 bits per heavy atom. The monoisotopic (exact) mass is 405 g/mol. The van der Waals surface area contributed by atoms with Crippen molar-refractivity contribution in [3.8, 4) is 0 Å². The Morgan fingerprint density at radius 3 is 2.34 bits per heavy atom. The molecule has 2 amide bonds. The molecule has 0 saturated carbocycles. The van der Waals surface area contributed by atoms with Crippen LogP contribution in [0.25, 0.3) is 6.08 Å². The molecule has 1 N–H and O–H groups in total. The highest BCUT2D eigenvalue weighted by Gasteiger charge is 2.34. The average molecular weight is 406 g/mol. The van der Waals surface area contributed by atoms with E-state index in [0.29, 0.717) is 5.69 Å². The van der Waals surface area contributed by atoms with Crippen molar-refractivity contribution in [2.75, 3.05) is 23.9 Å². The van der Waals surface area contributed by atoms with Gasteiger partial charge in [-0.1, -0.05) is 42.0 Å². The zero-order valence-electron chi connectivity index (χ0n) is 16.9. The third-order valence-corrected chi connectivity index (χ3v) is 4.94. The molecule has 1 heterocycles. The van der Waals surface area contributed by atoms with Gasteiger partial charge < -0.3 is 4.90 Å². The third-order valence-electron chi connectivity index (χ3n) is 4.66. The van der Waals surface area contributed by atoms with E-state index in [1.54, 1.807) is 6.08 Å². The van der Waals surface area contributed by atoms with E-state index in [0.717, 1.165) is 22.4 Å². The Morgan fingerprint density at radius 2 is 1.72 bits per heavy atom. The van der Waals surface area contributed by atoms with E-state index < -0.39 is 11.8 Å². The fourth-order valence-corrected chi connectivity index (χ4v) is 3.37. The fourth-order valence-electron chi connectivity index (χ4n) is 3.09. The molecule has 6 heteroatoms. The van der Waals surface area contributed by atoms with Gasteiger partial charge in [0.05, 0.1) is 5.69 Å². The van der Waals surface area contributed by atoms with Gasteiger partial charge in [-0.2, -0.15) is 0 Å². The summed E-state index contributed by atoms with van der Waals surface area (Å²) in [6.45, 7) is 3.89. The van der Waals surface area contributed by atoms with Crippen molar-refractivity contribution in [1.29, 1.82) is 0 Å². The number of hydrogen-bond donors (Lipinski definition) is 1. The Bertz CT molecular complexity index is 1040. The molecule has 0 radical (unpaired) electrons. The smallest absolute Gasteiger partial charge is 0.270 e. The van der Waals surface area contributed by atoms with Crippen molar-refractivity contribution < 1.29 is 9.59 Å². The normalized spacial score (nSPS) is 15.9. The summed E-state index contributed by atoms with van der Waals surface area (Å²) in [6.07, 6.45) is 5.07. The lowest BCUT2D eigenvalue weighted by Crippen LogP contribution is -2.54. The SMILES string of the molecule is Cc1ccc(N2C(=O)/C(=C/C=C/c3ccc(N(C)C)cc3)C(=O)NC2=S)c(C)c1. The number of amides is 2. The average Bonchev–Trinajstić information content (AvgIpc) is 2.66. The second-order valence-corrected chi connectivity index (χ2v) is 7.50. The third kappa shape index (κ3) is 4.43. The molecular weight excluding hydrogens is 382 g/mol. The maximum absolute atomic E-state index is 13.0. The minimum Gasteiger partial charge on any atom is -0.378 e. The molecule has 0 bridgehead atoms. The van der Waals surface area contributed by atoms with Crippen LogP contribution >= 0.6 is 12.2 Å². The number of anilines is 2. The molecule has 148 valence electrons. The van der Waals surface area contributed by atoms with Crippen molar-refractivity contribution in [1.82, 2.24) is 5.32 Å². The topological polar surface area (TPSA) is 52.7 Å². The van der Waals surface area contributed by atoms with Crippen molar-refractivity contribution in [3.63, 3.8) is 0 Å². The predicted molar refractivity (Wildman–Crippen MR) is 122 cm³/mol. The number of benzene rings is 2. The molecule has 0 unspecified atom stereocenters. The molecule has 5 nitrogen and oxygen atoms in total. The molecule has 1 aliphatic heterocycles. The molecule has 3 rings (SSSR count). The quantitative estimate of drug-likeness (QED) is 0.478. The predicted octanol–water partition coefficient (Wildman–Crippen LogP) is 3.76. The lowest BCUT2D eigenvalue weighted by atomic mass is 10.1. The molecule has 0 aliphatic carbocycles. The molecule has 2 aromatic rings. The van der Waals surface area contributed by atoms with E-state index in [4.69, 9.17) is 12.2 Å². The molecule has 1 saturated heterocycles. The van der Waals surface area contributed by atoms with E-state index >= 15 is 0 Å². The lowest BCUT2D eigenvalue weighted by Gasteiger charge is -2.30. The maximum atomic E-state index is 13.0. The van der Waals surface area contributed by atoms with Crippen LogP contribution in [0.5, 0.6) is 0 Å². The summed E-state index contributed by atoms with van der Waals surface area (Å²) in [5, 5.41) is 2.70. The summed E-state index contributed by atoms with van der Waals surface area (Å²) in [5.74, 6) is -0.924. The second kappa shape index (κ2) is 8.41. The molecule has 0 aromatic heterocycles. The van der Waals surface area contributed by atoms with Gasteiger partial charge in [-0.25, -0.2) is 0 Å². The summed E-state index contributed by atoms with van der Waals surface area (Å²) in [5.41, 5.74) is 4.77. The van der Waals surface area contributed by atoms with Gasteiger partial charge in [0.15, 0.2) is 5.11 Å². The minimum absolute atomic E-state index is 0.0414. The largest absolute Gasteiger partial charge is 0.378 e. The maximum Gasteiger partial charge on any atom is 0.270 e. The van der Waals surface area contributed by atoms with Gasteiger partial charge in [0.25, 0.3) is 11.8 Å². The number of carbonyl (C=O) groups is 2. The molecular formula is C23H23N3O2S. The van der Waals surface area contributed by atoms with Crippen LogP contribution < -0.4 is 15.1 Å². The number of aryl methyl sites for hydroxylation is 2. The number of nitrogens with zero attached hydrogens (tertiary/aromatic N) is 2. The van der Waals surface area contributed by atoms with Crippen LogP contribution in [0.2, 0.25) is 0 Å².